The highest BCUT2D eigenvalue weighted by atomic mass is 32.2. The van der Waals surface area contributed by atoms with Crippen molar-refractivity contribution < 1.29 is 8.42 Å². The summed E-state index contributed by atoms with van der Waals surface area (Å²) >= 11 is 0. The zero-order valence-corrected chi connectivity index (χ0v) is 13.9. The first-order valence-corrected chi connectivity index (χ1v) is 9.57. The number of aryl methyl sites for hydroxylation is 1. The Balaban J connectivity index is 2.02. The first kappa shape index (κ1) is 15.0. The van der Waals surface area contributed by atoms with Crippen LogP contribution in [0.25, 0.3) is 22.6 Å². The first-order valence-electron chi connectivity index (χ1n) is 7.67. The number of rotatable bonds is 3. The third-order valence-electron chi connectivity index (χ3n) is 4.25. The van der Waals surface area contributed by atoms with Crippen molar-refractivity contribution in [3.05, 3.63) is 30.2 Å². The van der Waals surface area contributed by atoms with E-state index in [1.54, 1.807) is 18.3 Å². The van der Waals surface area contributed by atoms with Crippen LogP contribution in [0.5, 0.6) is 0 Å². The summed E-state index contributed by atoms with van der Waals surface area (Å²) < 4.78 is 26.7. The lowest BCUT2D eigenvalue weighted by Gasteiger charge is -2.18. The number of nitrogens with one attached hydrogen (secondary N) is 1. The van der Waals surface area contributed by atoms with Crippen LogP contribution in [0.3, 0.4) is 0 Å². The molecule has 8 nitrogen and oxygen atoms in total. The number of aromatic nitrogens is 6. The Morgan fingerprint density at radius 2 is 2.12 bits per heavy atom. The lowest BCUT2D eigenvalue weighted by atomic mass is 10.0. The van der Waals surface area contributed by atoms with Gasteiger partial charge < -0.3 is 4.57 Å². The largest absolute Gasteiger partial charge is 0.328 e. The number of hydrogen-bond donors (Lipinski definition) is 1. The lowest BCUT2D eigenvalue weighted by Crippen LogP contribution is -2.12. The number of fused-ring (bicyclic) bond motifs is 1. The van der Waals surface area contributed by atoms with E-state index in [4.69, 9.17) is 0 Å². The molecule has 1 N–H and O–H groups in total. The molecule has 0 radical (unpaired) electrons. The van der Waals surface area contributed by atoms with Crippen LogP contribution in [-0.2, 0) is 22.8 Å². The molecule has 0 aliphatic carbocycles. The molecule has 0 amide bonds. The Kier molecular flexibility index (Phi) is 3.45. The molecule has 3 heterocycles. The molecule has 0 saturated heterocycles. The van der Waals surface area contributed by atoms with Crippen LogP contribution in [0.1, 0.15) is 18.7 Å². The van der Waals surface area contributed by atoms with Gasteiger partial charge in [-0.25, -0.2) is 18.5 Å². The molecule has 0 unspecified atom stereocenters. The van der Waals surface area contributed by atoms with Crippen LogP contribution in [0.4, 0.5) is 0 Å². The van der Waals surface area contributed by atoms with Crippen molar-refractivity contribution in [2.45, 2.75) is 30.7 Å². The molecule has 24 heavy (non-hydrogen) atoms. The van der Waals surface area contributed by atoms with Crippen LogP contribution in [-0.4, -0.2) is 44.8 Å². The molecule has 1 aliphatic rings. The van der Waals surface area contributed by atoms with Crippen LogP contribution >= 0.6 is 0 Å². The van der Waals surface area contributed by atoms with Gasteiger partial charge >= 0.3 is 0 Å². The third-order valence-corrected chi connectivity index (χ3v) is 5.39. The molecule has 0 atom stereocenters. The van der Waals surface area contributed by atoms with E-state index in [9.17, 15) is 8.42 Å². The zero-order valence-electron chi connectivity index (χ0n) is 13.1. The van der Waals surface area contributed by atoms with Gasteiger partial charge in [0.1, 0.15) is 5.82 Å². The number of tetrazole rings is 1. The highest BCUT2D eigenvalue weighted by Crippen LogP contribution is 2.36. The van der Waals surface area contributed by atoms with Crippen LogP contribution in [0, 0.1) is 0 Å². The Hall–Kier alpha value is -2.55. The summed E-state index contributed by atoms with van der Waals surface area (Å²) in [5.74, 6) is 1.36. The summed E-state index contributed by atoms with van der Waals surface area (Å²) in [4.78, 5) is 4.70. The van der Waals surface area contributed by atoms with Gasteiger partial charge in [0, 0.05) is 30.3 Å². The number of hydrogen-bond acceptors (Lipinski definition) is 6. The molecule has 0 fully saturated rings. The molecule has 1 aliphatic heterocycles. The monoisotopic (exact) mass is 344 g/mol. The smallest absolute Gasteiger partial charge is 0.181 e. The Morgan fingerprint density at radius 3 is 2.88 bits per heavy atom. The minimum absolute atomic E-state index is 0.199. The summed E-state index contributed by atoms with van der Waals surface area (Å²) in [5, 5.41) is 13.8. The minimum Gasteiger partial charge on any atom is -0.328 e. The quantitative estimate of drug-likeness (QED) is 0.771. The molecule has 0 saturated carbocycles. The molecule has 9 heteroatoms. The molecule has 2 aromatic heterocycles. The molecule has 0 spiro atoms. The maximum Gasteiger partial charge on any atom is 0.181 e. The van der Waals surface area contributed by atoms with Crippen molar-refractivity contribution in [1.29, 1.82) is 0 Å². The van der Waals surface area contributed by atoms with Crippen molar-refractivity contribution in [2.24, 2.45) is 0 Å². The van der Waals surface area contributed by atoms with Crippen molar-refractivity contribution in [2.75, 3.05) is 6.26 Å². The van der Waals surface area contributed by atoms with Gasteiger partial charge in [-0.3, -0.25) is 0 Å². The first-order chi connectivity index (χ1) is 11.6. The molecule has 124 valence electrons. The van der Waals surface area contributed by atoms with Gasteiger partial charge in [-0.15, -0.1) is 5.10 Å². The molecular formula is C15H16N6O2S. The number of imidazole rings is 1. The maximum atomic E-state index is 12.3. The normalized spacial score (nSPS) is 14.5. The van der Waals surface area contributed by atoms with Gasteiger partial charge in [-0.05, 0) is 29.3 Å². The Morgan fingerprint density at radius 1 is 1.25 bits per heavy atom. The lowest BCUT2D eigenvalue weighted by molar-refractivity contribution is 0.526. The molecule has 0 bridgehead atoms. The fourth-order valence-corrected chi connectivity index (χ4v) is 4.10. The predicted molar refractivity (Wildman–Crippen MR) is 86.9 cm³/mol. The topological polar surface area (TPSA) is 106 Å². The maximum absolute atomic E-state index is 12.3. The Labute approximate surface area is 138 Å². The van der Waals surface area contributed by atoms with E-state index >= 15 is 0 Å². The SMILES string of the molecule is CS(=O)(=O)c1cccc(-c2cnc3n2CCCC3)c1-c1nnn[nH]1. The second kappa shape index (κ2) is 5.52. The number of nitrogens with zero attached hydrogens (tertiary/aromatic N) is 5. The van der Waals surface area contributed by atoms with Gasteiger partial charge in [0.2, 0.25) is 0 Å². The van der Waals surface area contributed by atoms with Gasteiger partial charge in [0.15, 0.2) is 15.7 Å². The summed E-state index contributed by atoms with van der Waals surface area (Å²) in [6.45, 7) is 0.877. The second-order valence-electron chi connectivity index (χ2n) is 5.87. The summed E-state index contributed by atoms with van der Waals surface area (Å²) in [7, 11) is -3.44. The minimum atomic E-state index is -3.44. The van der Waals surface area contributed by atoms with Crippen LogP contribution < -0.4 is 0 Å². The van der Waals surface area contributed by atoms with Crippen molar-refractivity contribution in [1.82, 2.24) is 30.2 Å². The average molecular weight is 344 g/mol. The molecule has 1 aromatic carbocycles. The van der Waals surface area contributed by atoms with Gasteiger partial charge in [-0.2, -0.15) is 0 Å². The van der Waals surface area contributed by atoms with Crippen molar-refractivity contribution in [3.8, 4) is 22.6 Å². The van der Waals surface area contributed by atoms with E-state index in [0.29, 0.717) is 11.4 Å². The number of H-pyrrole nitrogens is 1. The van der Waals surface area contributed by atoms with E-state index in [1.807, 2.05) is 6.07 Å². The van der Waals surface area contributed by atoms with Crippen molar-refractivity contribution >= 4 is 9.84 Å². The van der Waals surface area contributed by atoms with E-state index in [1.165, 1.54) is 6.26 Å². The summed E-state index contributed by atoms with van der Waals surface area (Å²) in [5.41, 5.74) is 2.14. The van der Waals surface area contributed by atoms with Gasteiger partial charge in [0.05, 0.1) is 16.8 Å². The Bertz CT molecular complexity index is 991. The standard InChI is InChI=1S/C15H16N6O2S/c1-24(22,23)12-6-4-5-10(14(12)15-17-19-20-18-15)11-9-16-13-7-2-3-8-21(11)13/h4-6,9H,2-3,7-8H2,1H3,(H,17,18,19,20). The van der Waals surface area contributed by atoms with Gasteiger partial charge in [-0.1, -0.05) is 12.1 Å². The third kappa shape index (κ3) is 2.41. The number of sulfone groups is 1. The van der Waals surface area contributed by atoms with Gasteiger partial charge in [0.25, 0.3) is 0 Å². The summed E-state index contributed by atoms with van der Waals surface area (Å²) in [6.07, 6.45) is 6.13. The highest BCUT2D eigenvalue weighted by molar-refractivity contribution is 7.90. The molecule has 3 aromatic rings. The second-order valence-corrected chi connectivity index (χ2v) is 7.85. The highest BCUT2D eigenvalue weighted by Gasteiger charge is 2.24. The van der Waals surface area contributed by atoms with Crippen LogP contribution in [0.15, 0.2) is 29.3 Å². The van der Waals surface area contributed by atoms with E-state index in [0.717, 1.165) is 42.9 Å². The predicted octanol–water partition coefficient (Wildman–Crippen LogP) is 1.47. The average Bonchev–Trinajstić information content (AvgIpc) is 3.23. The molecular weight excluding hydrogens is 328 g/mol. The number of aromatic amines is 1. The molecule has 4 rings (SSSR count). The van der Waals surface area contributed by atoms with E-state index in [-0.39, 0.29) is 4.90 Å². The van der Waals surface area contributed by atoms with Crippen LogP contribution in [0.2, 0.25) is 0 Å². The van der Waals surface area contributed by atoms with Crippen molar-refractivity contribution in [3.63, 3.8) is 0 Å². The van der Waals surface area contributed by atoms with E-state index in [2.05, 4.69) is 30.2 Å². The fraction of sp³-hybridized carbons (Fsp3) is 0.333. The number of benzene rings is 1. The fourth-order valence-electron chi connectivity index (χ4n) is 3.19. The van der Waals surface area contributed by atoms with E-state index < -0.39 is 9.84 Å². The zero-order chi connectivity index (χ0) is 16.7. The summed E-state index contributed by atoms with van der Waals surface area (Å²) in [6, 6.07) is 5.19.